The van der Waals surface area contributed by atoms with Gasteiger partial charge in [0.2, 0.25) is 0 Å². The zero-order valence-corrected chi connectivity index (χ0v) is 19.5. The molecular weight excluding hydrogens is 485 g/mol. The van der Waals surface area contributed by atoms with Gasteiger partial charge in [-0.1, -0.05) is 25.0 Å². The van der Waals surface area contributed by atoms with Crippen LogP contribution in [0.5, 0.6) is 0 Å². The van der Waals surface area contributed by atoms with E-state index in [1.54, 1.807) is 6.07 Å². The highest BCUT2D eigenvalue weighted by atomic mass is 19.4. The number of fused-ring (bicyclic) bond motifs is 2. The molecule has 0 spiro atoms. The predicted molar refractivity (Wildman–Crippen MR) is 134 cm³/mol. The van der Waals surface area contributed by atoms with Gasteiger partial charge in [0.25, 0.3) is 5.56 Å². The summed E-state index contributed by atoms with van der Waals surface area (Å²) in [7, 11) is 0. The lowest BCUT2D eigenvalue weighted by Gasteiger charge is -2.28. The fourth-order valence-electron chi connectivity index (χ4n) is 5.16. The highest BCUT2D eigenvalue weighted by Gasteiger charge is 2.38. The number of aromatic amines is 3. The minimum Gasteiger partial charge on any atom is -0.327 e. The number of hydrogen-bond acceptors (Lipinski definition) is 6. The van der Waals surface area contributed by atoms with Gasteiger partial charge in [0, 0.05) is 29.0 Å². The molecule has 1 aliphatic carbocycles. The molecule has 3 heterocycles. The summed E-state index contributed by atoms with van der Waals surface area (Å²) in [5.74, 6) is 0.479. The van der Waals surface area contributed by atoms with E-state index in [0.29, 0.717) is 11.5 Å². The van der Waals surface area contributed by atoms with Gasteiger partial charge in [-0.2, -0.15) is 18.3 Å². The molecule has 37 heavy (non-hydrogen) atoms. The molecule has 5 aromatic rings. The van der Waals surface area contributed by atoms with Gasteiger partial charge in [-0.15, -0.1) is 0 Å². The van der Waals surface area contributed by atoms with Crippen molar-refractivity contribution in [3.05, 3.63) is 64.1 Å². The van der Waals surface area contributed by atoms with Crippen molar-refractivity contribution in [2.24, 2.45) is 5.73 Å². The van der Waals surface area contributed by atoms with E-state index >= 15 is 0 Å². The van der Waals surface area contributed by atoms with Crippen LogP contribution in [0.4, 0.5) is 24.8 Å². The van der Waals surface area contributed by atoms with Crippen molar-refractivity contribution in [1.29, 1.82) is 0 Å². The monoisotopic (exact) mass is 508 g/mol. The molecule has 0 bridgehead atoms. The summed E-state index contributed by atoms with van der Waals surface area (Å²) in [4.78, 5) is 21.4. The van der Waals surface area contributed by atoms with E-state index in [2.05, 4.69) is 35.7 Å². The molecule has 0 saturated heterocycles. The van der Waals surface area contributed by atoms with Crippen molar-refractivity contribution in [1.82, 2.24) is 30.4 Å². The Kier molecular flexibility index (Phi) is 5.48. The maximum atomic E-state index is 14.3. The van der Waals surface area contributed by atoms with Crippen LogP contribution in [-0.4, -0.2) is 36.4 Å². The van der Waals surface area contributed by atoms with E-state index in [1.165, 1.54) is 12.1 Å². The zero-order chi connectivity index (χ0) is 25.7. The van der Waals surface area contributed by atoms with E-state index in [0.717, 1.165) is 36.6 Å². The number of H-pyrrole nitrogens is 3. The van der Waals surface area contributed by atoms with Crippen LogP contribution in [0.3, 0.4) is 0 Å². The molecule has 9 nitrogen and oxygen atoms in total. The van der Waals surface area contributed by atoms with Crippen LogP contribution in [0.15, 0.2) is 47.3 Å². The van der Waals surface area contributed by atoms with Gasteiger partial charge in [0.1, 0.15) is 5.82 Å². The molecule has 2 aromatic carbocycles. The number of para-hydroxylation sites is 1. The lowest BCUT2D eigenvalue weighted by molar-refractivity contribution is -0.135. The topological polar surface area (TPSA) is 141 Å². The third-order valence-corrected chi connectivity index (χ3v) is 6.93. The molecule has 1 saturated carbocycles. The SMILES string of the molecule is NC1CCCCC1c1cc(Nc2n[nH]c3ccccc23)nc(-c2ccc3[nH][nH]c(=O)c3c2C(F)(F)F)n1. The number of benzene rings is 2. The lowest BCUT2D eigenvalue weighted by Crippen LogP contribution is -2.32. The first kappa shape index (κ1) is 23.2. The quantitative estimate of drug-likeness (QED) is 0.233. The third-order valence-electron chi connectivity index (χ3n) is 6.93. The first-order valence-electron chi connectivity index (χ1n) is 11.9. The fraction of sp³-hybridized carbons (Fsp3) is 0.280. The van der Waals surface area contributed by atoms with Gasteiger partial charge in [0.15, 0.2) is 11.6 Å². The highest BCUT2D eigenvalue weighted by molar-refractivity contribution is 5.91. The summed E-state index contributed by atoms with van der Waals surface area (Å²) < 4.78 is 43.0. The van der Waals surface area contributed by atoms with Gasteiger partial charge in [-0.25, -0.2) is 9.97 Å². The van der Waals surface area contributed by atoms with Crippen LogP contribution in [0.25, 0.3) is 33.2 Å². The Morgan fingerprint density at radius 3 is 2.62 bits per heavy atom. The minimum atomic E-state index is -4.82. The van der Waals surface area contributed by atoms with Crippen molar-refractivity contribution in [2.45, 2.75) is 43.8 Å². The number of nitrogens with two attached hydrogens (primary N) is 1. The van der Waals surface area contributed by atoms with Crippen molar-refractivity contribution in [3.8, 4) is 11.4 Å². The zero-order valence-electron chi connectivity index (χ0n) is 19.5. The predicted octanol–water partition coefficient (Wildman–Crippen LogP) is 4.94. The van der Waals surface area contributed by atoms with E-state index in [1.807, 2.05) is 24.3 Å². The van der Waals surface area contributed by atoms with Gasteiger partial charge in [-0.3, -0.25) is 20.1 Å². The summed E-state index contributed by atoms with van der Waals surface area (Å²) in [5.41, 5.74) is 5.57. The second kappa shape index (κ2) is 8.73. The van der Waals surface area contributed by atoms with Crippen LogP contribution in [0.1, 0.15) is 42.9 Å². The van der Waals surface area contributed by atoms with Crippen LogP contribution in [0.2, 0.25) is 0 Å². The van der Waals surface area contributed by atoms with Crippen LogP contribution >= 0.6 is 0 Å². The summed E-state index contributed by atoms with van der Waals surface area (Å²) in [6.45, 7) is 0. The normalized spacial score (nSPS) is 18.5. The average Bonchev–Trinajstić information content (AvgIpc) is 3.46. The Hall–Kier alpha value is -4.19. The van der Waals surface area contributed by atoms with Crippen molar-refractivity contribution in [2.75, 3.05) is 5.32 Å². The Bertz CT molecular complexity index is 1670. The van der Waals surface area contributed by atoms with E-state index in [4.69, 9.17) is 5.73 Å². The van der Waals surface area contributed by atoms with Crippen molar-refractivity contribution >= 4 is 33.4 Å². The molecule has 12 heteroatoms. The molecule has 2 unspecified atom stereocenters. The highest BCUT2D eigenvalue weighted by Crippen LogP contribution is 2.41. The molecule has 0 radical (unpaired) electrons. The Morgan fingerprint density at radius 1 is 1.00 bits per heavy atom. The molecule has 1 aliphatic rings. The number of anilines is 2. The molecule has 6 rings (SSSR count). The number of rotatable bonds is 4. The van der Waals surface area contributed by atoms with E-state index < -0.39 is 22.7 Å². The minimum absolute atomic E-state index is 0.0490. The van der Waals surface area contributed by atoms with E-state index in [-0.39, 0.29) is 34.7 Å². The Balaban J connectivity index is 1.55. The molecule has 190 valence electrons. The number of halogens is 3. The summed E-state index contributed by atoms with van der Waals surface area (Å²) in [6, 6.07) is 11.7. The van der Waals surface area contributed by atoms with Crippen LogP contribution in [-0.2, 0) is 6.18 Å². The summed E-state index contributed by atoms with van der Waals surface area (Å²) in [5, 5.41) is 15.4. The first-order chi connectivity index (χ1) is 17.8. The van der Waals surface area contributed by atoms with Gasteiger partial charge >= 0.3 is 6.18 Å². The fourth-order valence-corrected chi connectivity index (χ4v) is 5.16. The molecule has 2 atom stereocenters. The number of nitrogens with zero attached hydrogens (tertiary/aromatic N) is 3. The number of aromatic nitrogens is 6. The second-order valence-electron chi connectivity index (χ2n) is 9.29. The Morgan fingerprint density at radius 2 is 1.81 bits per heavy atom. The third kappa shape index (κ3) is 4.12. The molecule has 3 aromatic heterocycles. The summed E-state index contributed by atoms with van der Waals surface area (Å²) >= 11 is 0. The average molecular weight is 509 g/mol. The van der Waals surface area contributed by atoms with Crippen molar-refractivity contribution in [3.63, 3.8) is 0 Å². The van der Waals surface area contributed by atoms with Gasteiger partial charge < -0.3 is 11.1 Å². The first-order valence-corrected chi connectivity index (χ1v) is 11.9. The standard InChI is InChI=1S/C25H23F3N8O/c26-25(27,28)21-14(9-10-17-20(21)24(37)36-34-17)22-30-18(12-5-1-3-7-15(12)29)11-19(31-22)32-23-13-6-2-4-8-16(13)33-35-23/h2,4,6,8-12,15H,1,3,5,7,29H2,(H2,34,36,37)(H2,30,31,32,33,35). The van der Waals surface area contributed by atoms with Crippen molar-refractivity contribution < 1.29 is 13.2 Å². The molecule has 0 amide bonds. The molecular formula is C25H23F3N8O. The summed E-state index contributed by atoms with van der Waals surface area (Å²) in [6.07, 6.45) is -1.31. The lowest BCUT2D eigenvalue weighted by atomic mass is 9.83. The molecule has 1 fully saturated rings. The van der Waals surface area contributed by atoms with Gasteiger partial charge in [-0.05, 0) is 37.1 Å². The van der Waals surface area contributed by atoms with Crippen LogP contribution < -0.4 is 16.6 Å². The maximum absolute atomic E-state index is 14.3. The Labute approximate surface area is 207 Å². The number of alkyl halides is 3. The smallest absolute Gasteiger partial charge is 0.327 e. The van der Waals surface area contributed by atoms with Crippen LogP contribution in [0, 0.1) is 0 Å². The molecule has 0 aliphatic heterocycles. The van der Waals surface area contributed by atoms with E-state index in [9.17, 15) is 18.0 Å². The maximum Gasteiger partial charge on any atom is 0.417 e. The number of nitrogens with one attached hydrogen (secondary N) is 4. The van der Waals surface area contributed by atoms with Gasteiger partial charge in [0.05, 0.1) is 27.7 Å². The largest absolute Gasteiger partial charge is 0.417 e. The second-order valence-corrected chi connectivity index (χ2v) is 9.29. The molecule has 6 N–H and O–H groups in total. The number of hydrogen-bond donors (Lipinski definition) is 5.